The first-order chi connectivity index (χ1) is 13.3. The summed E-state index contributed by atoms with van der Waals surface area (Å²) in [4.78, 5) is 24.4. The van der Waals surface area contributed by atoms with E-state index >= 15 is 0 Å². The van der Waals surface area contributed by atoms with Crippen LogP contribution in [0, 0.1) is 6.92 Å². The van der Waals surface area contributed by atoms with Gasteiger partial charge in [-0.3, -0.25) is 9.59 Å². The molecule has 6 heteroatoms. The fourth-order valence-corrected chi connectivity index (χ4v) is 3.75. The number of para-hydroxylation sites is 1. The number of amides is 2. The summed E-state index contributed by atoms with van der Waals surface area (Å²) in [5, 5.41) is 6.89. The molecule has 1 aromatic heterocycles. The lowest BCUT2D eigenvalue weighted by Gasteiger charge is -2.11. The first-order valence-corrected chi connectivity index (χ1v) is 10.1. The molecule has 0 bridgehead atoms. The zero-order valence-corrected chi connectivity index (χ0v) is 17.8. The Kier molecular flexibility index (Phi) is 6.19. The van der Waals surface area contributed by atoms with Crippen LogP contribution < -0.4 is 10.6 Å². The second kappa shape index (κ2) is 8.61. The number of halogens is 1. The van der Waals surface area contributed by atoms with Gasteiger partial charge in [-0.25, -0.2) is 0 Å². The smallest absolute Gasteiger partial charge is 0.244 e. The molecule has 5 nitrogen and oxygen atoms in total. The van der Waals surface area contributed by atoms with Gasteiger partial charge in [0.15, 0.2) is 0 Å². The van der Waals surface area contributed by atoms with Crippen LogP contribution >= 0.6 is 15.9 Å². The van der Waals surface area contributed by atoms with Crippen LogP contribution in [-0.4, -0.2) is 22.4 Å². The minimum Gasteiger partial charge on any atom is -0.354 e. The van der Waals surface area contributed by atoms with E-state index in [1.807, 2.05) is 73.9 Å². The number of hydrogen-bond acceptors (Lipinski definition) is 2. The van der Waals surface area contributed by atoms with Crippen molar-refractivity contribution in [2.45, 2.75) is 39.8 Å². The molecule has 2 aromatic carbocycles. The van der Waals surface area contributed by atoms with Gasteiger partial charge in [-0.15, -0.1) is 0 Å². The lowest BCUT2D eigenvalue weighted by atomic mass is 10.1. The Hall–Kier alpha value is -2.60. The molecule has 0 atom stereocenters. The number of anilines is 1. The molecule has 0 radical (unpaired) electrons. The maximum Gasteiger partial charge on any atom is 0.244 e. The van der Waals surface area contributed by atoms with E-state index in [-0.39, 0.29) is 24.4 Å². The van der Waals surface area contributed by atoms with Gasteiger partial charge in [0, 0.05) is 32.8 Å². The van der Waals surface area contributed by atoms with Crippen molar-refractivity contribution >= 4 is 44.3 Å². The molecule has 3 aromatic rings. The van der Waals surface area contributed by atoms with Crippen molar-refractivity contribution in [3.05, 3.63) is 64.3 Å². The summed E-state index contributed by atoms with van der Waals surface area (Å²) in [5.74, 6) is -0.103. The highest BCUT2D eigenvalue weighted by Crippen LogP contribution is 2.30. The molecular formula is C22H24BrN3O2. The third-order valence-corrected chi connectivity index (χ3v) is 5.51. The van der Waals surface area contributed by atoms with Crippen molar-refractivity contribution in [3.63, 3.8) is 0 Å². The van der Waals surface area contributed by atoms with Gasteiger partial charge in [-0.1, -0.05) is 30.3 Å². The highest BCUT2D eigenvalue weighted by Gasteiger charge is 2.14. The standard InChI is InChI=1S/C22H24BrN3O2/c1-14(2)24-20(27)12-16-8-10-17(11-9-16)25-21(28)13-26-15(3)22(23)18-6-4-5-7-19(18)26/h4-11,14H,12-13H2,1-3H3,(H,24,27)(H,25,28). The van der Waals surface area contributed by atoms with Crippen molar-refractivity contribution in [1.29, 1.82) is 0 Å². The monoisotopic (exact) mass is 441 g/mol. The van der Waals surface area contributed by atoms with E-state index in [1.165, 1.54) is 0 Å². The molecule has 3 rings (SSSR count). The molecular weight excluding hydrogens is 418 g/mol. The van der Waals surface area contributed by atoms with Crippen LogP contribution in [0.1, 0.15) is 25.1 Å². The van der Waals surface area contributed by atoms with Crippen molar-refractivity contribution in [2.75, 3.05) is 5.32 Å². The normalized spacial score (nSPS) is 11.0. The molecule has 0 aliphatic carbocycles. The molecule has 28 heavy (non-hydrogen) atoms. The van der Waals surface area contributed by atoms with Crippen molar-refractivity contribution in [1.82, 2.24) is 9.88 Å². The number of nitrogens with one attached hydrogen (secondary N) is 2. The quantitative estimate of drug-likeness (QED) is 0.594. The van der Waals surface area contributed by atoms with Crippen LogP contribution in [0.2, 0.25) is 0 Å². The SMILES string of the molecule is Cc1c(Br)c2ccccc2n1CC(=O)Nc1ccc(CC(=O)NC(C)C)cc1. The first kappa shape index (κ1) is 20.1. The highest BCUT2D eigenvalue weighted by atomic mass is 79.9. The number of carbonyl (C=O) groups excluding carboxylic acids is 2. The molecule has 0 fully saturated rings. The lowest BCUT2D eigenvalue weighted by Crippen LogP contribution is -2.31. The van der Waals surface area contributed by atoms with E-state index in [4.69, 9.17) is 0 Å². The summed E-state index contributed by atoms with van der Waals surface area (Å²) in [7, 11) is 0. The fourth-order valence-electron chi connectivity index (χ4n) is 3.20. The number of fused-ring (bicyclic) bond motifs is 1. The minimum absolute atomic E-state index is 0.00711. The molecule has 0 saturated heterocycles. The van der Waals surface area contributed by atoms with Crippen LogP contribution in [0.5, 0.6) is 0 Å². The Bertz CT molecular complexity index is 1010. The molecule has 2 N–H and O–H groups in total. The molecule has 0 aliphatic heterocycles. The Morgan fingerprint density at radius 2 is 1.71 bits per heavy atom. The van der Waals surface area contributed by atoms with Crippen LogP contribution in [0.3, 0.4) is 0 Å². The van der Waals surface area contributed by atoms with Gasteiger partial charge in [0.2, 0.25) is 11.8 Å². The summed E-state index contributed by atoms with van der Waals surface area (Å²) < 4.78 is 3.01. The molecule has 0 spiro atoms. The average Bonchev–Trinajstić information content (AvgIpc) is 2.88. The molecule has 1 heterocycles. The fraction of sp³-hybridized carbons (Fsp3) is 0.273. The summed E-state index contributed by atoms with van der Waals surface area (Å²) in [5.41, 5.74) is 3.66. The number of aromatic nitrogens is 1. The van der Waals surface area contributed by atoms with E-state index in [0.29, 0.717) is 12.1 Å². The van der Waals surface area contributed by atoms with Crippen LogP contribution in [0.4, 0.5) is 5.69 Å². The molecule has 0 unspecified atom stereocenters. The number of nitrogens with zero attached hydrogens (tertiary/aromatic N) is 1. The lowest BCUT2D eigenvalue weighted by molar-refractivity contribution is -0.121. The third kappa shape index (κ3) is 4.62. The zero-order valence-electron chi connectivity index (χ0n) is 16.3. The Balaban J connectivity index is 1.66. The number of carbonyl (C=O) groups is 2. The average molecular weight is 442 g/mol. The summed E-state index contributed by atoms with van der Waals surface area (Å²) >= 11 is 3.62. The Labute approximate surface area is 173 Å². The van der Waals surface area contributed by atoms with Gasteiger partial charge in [-0.05, 0) is 60.5 Å². The van der Waals surface area contributed by atoms with E-state index in [0.717, 1.165) is 26.6 Å². The van der Waals surface area contributed by atoms with E-state index in [1.54, 1.807) is 0 Å². The molecule has 2 amide bonds. The predicted molar refractivity (Wildman–Crippen MR) is 116 cm³/mol. The topological polar surface area (TPSA) is 63.1 Å². The van der Waals surface area contributed by atoms with Gasteiger partial charge in [-0.2, -0.15) is 0 Å². The van der Waals surface area contributed by atoms with Crippen LogP contribution in [0.25, 0.3) is 10.9 Å². The van der Waals surface area contributed by atoms with E-state index < -0.39 is 0 Å². The molecule has 0 saturated carbocycles. The van der Waals surface area contributed by atoms with Crippen molar-refractivity contribution < 1.29 is 9.59 Å². The second-order valence-corrected chi connectivity index (χ2v) is 7.94. The summed E-state index contributed by atoms with van der Waals surface area (Å²) in [6.07, 6.45) is 0.328. The Morgan fingerprint density at radius 1 is 1.04 bits per heavy atom. The largest absolute Gasteiger partial charge is 0.354 e. The second-order valence-electron chi connectivity index (χ2n) is 7.15. The third-order valence-electron chi connectivity index (χ3n) is 4.51. The van der Waals surface area contributed by atoms with Gasteiger partial charge in [0.1, 0.15) is 6.54 Å². The van der Waals surface area contributed by atoms with Gasteiger partial charge in [0.05, 0.1) is 6.42 Å². The maximum absolute atomic E-state index is 12.6. The number of hydrogen-bond donors (Lipinski definition) is 2. The summed E-state index contributed by atoms with van der Waals surface area (Å²) in [6.45, 7) is 6.10. The first-order valence-electron chi connectivity index (χ1n) is 9.26. The van der Waals surface area contributed by atoms with Crippen LogP contribution in [0.15, 0.2) is 53.0 Å². The van der Waals surface area contributed by atoms with Crippen LogP contribution in [-0.2, 0) is 22.6 Å². The number of benzene rings is 2. The van der Waals surface area contributed by atoms with Gasteiger partial charge < -0.3 is 15.2 Å². The minimum atomic E-state index is -0.0957. The van der Waals surface area contributed by atoms with Gasteiger partial charge >= 0.3 is 0 Å². The molecule has 0 aliphatic rings. The zero-order chi connectivity index (χ0) is 20.3. The van der Waals surface area contributed by atoms with Crippen molar-refractivity contribution in [3.8, 4) is 0 Å². The van der Waals surface area contributed by atoms with Gasteiger partial charge in [0.25, 0.3) is 0 Å². The number of rotatable bonds is 6. The summed E-state index contributed by atoms with van der Waals surface area (Å²) in [6, 6.07) is 15.5. The highest BCUT2D eigenvalue weighted by molar-refractivity contribution is 9.10. The van der Waals surface area contributed by atoms with E-state index in [9.17, 15) is 9.59 Å². The Morgan fingerprint density at radius 3 is 2.39 bits per heavy atom. The predicted octanol–water partition coefficient (Wildman–Crippen LogP) is 4.42. The van der Waals surface area contributed by atoms with Crippen molar-refractivity contribution in [2.24, 2.45) is 0 Å². The molecule has 146 valence electrons. The van der Waals surface area contributed by atoms with E-state index in [2.05, 4.69) is 26.6 Å². The maximum atomic E-state index is 12.6.